The van der Waals surface area contributed by atoms with Gasteiger partial charge in [-0.1, -0.05) is 31.4 Å². The van der Waals surface area contributed by atoms with E-state index in [-0.39, 0.29) is 24.3 Å². The van der Waals surface area contributed by atoms with Gasteiger partial charge in [-0.25, -0.2) is 13.1 Å². The third-order valence-corrected chi connectivity index (χ3v) is 7.37. The van der Waals surface area contributed by atoms with Crippen LogP contribution in [-0.4, -0.2) is 57.3 Å². The van der Waals surface area contributed by atoms with Gasteiger partial charge in [-0.2, -0.15) is 4.31 Å². The largest absolute Gasteiger partial charge is 0.387 e. The number of β-amino-alcohol motifs (C(OH)–C–C–N with tert-alkyl or cyclic N) is 1. The summed E-state index contributed by atoms with van der Waals surface area (Å²) in [5.74, 6) is 0.194. The molecular weight excluding hydrogens is 316 g/mol. The molecule has 3 rings (SSSR count). The smallest absolute Gasteiger partial charge is 0.214 e. The van der Waals surface area contributed by atoms with Crippen molar-refractivity contribution in [1.29, 1.82) is 0 Å². The van der Waals surface area contributed by atoms with Crippen molar-refractivity contribution >= 4 is 10.0 Å². The number of aromatic nitrogens is 3. The van der Waals surface area contributed by atoms with Gasteiger partial charge in [-0.05, 0) is 24.7 Å². The highest BCUT2D eigenvalue weighted by atomic mass is 32.2. The first-order chi connectivity index (χ1) is 10.8. The van der Waals surface area contributed by atoms with E-state index in [2.05, 4.69) is 17.2 Å². The lowest BCUT2D eigenvalue weighted by Gasteiger charge is -2.34. The number of aliphatic hydroxyl groups is 1. The highest BCUT2D eigenvalue weighted by Crippen LogP contribution is 2.38. The zero-order chi connectivity index (χ0) is 16.6. The fourth-order valence-corrected chi connectivity index (χ4v) is 6.04. The maximum atomic E-state index is 12.8. The summed E-state index contributed by atoms with van der Waals surface area (Å²) in [6, 6.07) is 0. The molecule has 1 saturated carbocycles. The summed E-state index contributed by atoms with van der Waals surface area (Å²) >= 11 is 0. The fourth-order valence-electron chi connectivity index (χ4n) is 3.89. The maximum Gasteiger partial charge on any atom is 0.214 e. The van der Waals surface area contributed by atoms with E-state index >= 15 is 0 Å². The van der Waals surface area contributed by atoms with E-state index in [1.54, 1.807) is 17.1 Å². The Balaban J connectivity index is 1.65. The van der Waals surface area contributed by atoms with E-state index in [9.17, 15) is 13.5 Å². The molecule has 130 valence electrons. The van der Waals surface area contributed by atoms with Crippen LogP contribution in [0.4, 0.5) is 0 Å². The van der Waals surface area contributed by atoms with Gasteiger partial charge in [0.15, 0.2) is 0 Å². The first kappa shape index (κ1) is 16.9. The standard InChI is InChI=1S/C15H26N4O3S/c1-14(5-3-2-4-6-14)13-23(21,22)19-9-7-15(20,12-19)11-18-10-8-16-17-18/h8,10,20H,2-7,9,11-13H2,1H3. The summed E-state index contributed by atoms with van der Waals surface area (Å²) < 4.78 is 28.6. The third kappa shape index (κ3) is 3.92. The van der Waals surface area contributed by atoms with Crippen LogP contribution in [0.3, 0.4) is 0 Å². The minimum absolute atomic E-state index is 0.121. The predicted octanol–water partition coefficient (Wildman–Crippen LogP) is 1.02. The van der Waals surface area contributed by atoms with E-state index in [1.165, 1.54) is 10.7 Å². The third-order valence-electron chi connectivity index (χ3n) is 5.21. The number of rotatable bonds is 5. The van der Waals surface area contributed by atoms with Crippen molar-refractivity contribution in [3.8, 4) is 0 Å². The van der Waals surface area contributed by atoms with Crippen LogP contribution in [0.15, 0.2) is 12.4 Å². The minimum Gasteiger partial charge on any atom is -0.387 e. The Kier molecular flexibility index (Phi) is 4.50. The van der Waals surface area contributed by atoms with E-state index < -0.39 is 15.6 Å². The van der Waals surface area contributed by atoms with Crippen LogP contribution in [0, 0.1) is 5.41 Å². The molecule has 0 amide bonds. The van der Waals surface area contributed by atoms with E-state index in [1.807, 2.05) is 0 Å². The number of sulfonamides is 1. The van der Waals surface area contributed by atoms with Gasteiger partial charge < -0.3 is 5.11 Å². The van der Waals surface area contributed by atoms with Gasteiger partial charge in [-0.15, -0.1) is 5.10 Å². The highest BCUT2D eigenvalue weighted by Gasteiger charge is 2.44. The average Bonchev–Trinajstić information content (AvgIpc) is 3.09. The molecule has 1 N–H and O–H groups in total. The second-order valence-electron chi connectivity index (χ2n) is 7.54. The molecule has 2 fully saturated rings. The summed E-state index contributed by atoms with van der Waals surface area (Å²) in [7, 11) is -3.34. The quantitative estimate of drug-likeness (QED) is 0.863. The van der Waals surface area contributed by atoms with Gasteiger partial charge in [0.2, 0.25) is 10.0 Å². The Bertz CT molecular complexity index is 625. The van der Waals surface area contributed by atoms with Gasteiger partial charge in [0.25, 0.3) is 0 Å². The van der Waals surface area contributed by atoms with Crippen LogP contribution in [0.2, 0.25) is 0 Å². The first-order valence-corrected chi connectivity index (χ1v) is 9.96. The maximum absolute atomic E-state index is 12.8. The van der Waals surface area contributed by atoms with Gasteiger partial charge in [-0.3, -0.25) is 0 Å². The van der Waals surface area contributed by atoms with Crippen molar-refractivity contribution in [3.05, 3.63) is 12.4 Å². The SMILES string of the molecule is CC1(CS(=O)(=O)N2CCC(O)(Cn3ccnn3)C2)CCCCC1. The monoisotopic (exact) mass is 342 g/mol. The van der Waals surface area contributed by atoms with E-state index in [0.717, 1.165) is 25.7 Å². The Labute approximate surface area is 137 Å². The van der Waals surface area contributed by atoms with Crippen LogP contribution in [0.5, 0.6) is 0 Å². The molecule has 1 atom stereocenters. The van der Waals surface area contributed by atoms with Crippen LogP contribution in [-0.2, 0) is 16.6 Å². The molecule has 0 bridgehead atoms. The lowest BCUT2D eigenvalue weighted by molar-refractivity contribution is 0.0340. The first-order valence-electron chi connectivity index (χ1n) is 8.35. The van der Waals surface area contributed by atoms with Gasteiger partial charge in [0, 0.05) is 19.3 Å². The van der Waals surface area contributed by atoms with Gasteiger partial charge in [0.1, 0.15) is 0 Å². The van der Waals surface area contributed by atoms with Crippen molar-refractivity contribution in [3.63, 3.8) is 0 Å². The van der Waals surface area contributed by atoms with Crippen molar-refractivity contribution in [2.45, 2.75) is 57.6 Å². The Morgan fingerprint density at radius 1 is 1.22 bits per heavy atom. The molecule has 0 aromatic carbocycles. The molecule has 2 aliphatic rings. The lowest BCUT2D eigenvalue weighted by Crippen LogP contribution is -2.42. The van der Waals surface area contributed by atoms with Crippen LogP contribution >= 0.6 is 0 Å². The topological polar surface area (TPSA) is 88.3 Å². The number of hydrogen-bond donors (Lipinski definition) is 1. The van der Waals surface area contributed by atoms with Crippen LogP contribution < -0.4 is 0 Å². The molecule has 8 heteroatoms. The average molecular weight is 342 g/mol. The Morgan fingerprint density at radius 2 is 1.96 bits per heavy atom. The van der Waals surface area contributed by atoms with Crippen LogP contribution in [0.1, 0.15) is 45.4 Å². The molecule has 1 aromatic heterocycles. The van der Waals surface area contributed by atoms with Crippen LogP contribution in [0.25, 0.3) is 0 Å². The second kappa shape index (κ2) is 6.14. The molecule has 7 nitrogen and oxygen atoms in total. The van der Waals surface area contributed by atoms with Crippen molar-refractivity contribution < 1.29 is 13.5 Å². The summed E-state index contributed by atoms with van der Waals surface area (Å²) in [6.07, 6.45) is 9.05. The fraction of sp³-hybridized carbons (Fsp3) is 0.867. The summed E-state index contributed by atoms with van der Waals surface area (Å²) in [6.45, 7) is 2.88. The number of nitrogens with zero attached hydrogens (tertiary/aromatic N) is 4. The van der Waals surface area contributed by atoms with Crippen molar-refractivity contribution in [1.82, 2.24) is 19.3 Å². The normalized spacial score (nSPS) is 29.0. The summed E-state index contributed by atoms with van der Waals surface area (Å²) in [5, 5.41) is 18.2. The molecule has 23 heavy (non-hydrogen) atoms. The molecule has 1 aromatic rings. The summed E-state index contributed by atoms with van der Waals surface area (Å²) in [5.41, 5.74) is -1.18. The molecule has 0 spiro atoms. The second-order valence-corrected chi connectivity index (χ2v) is 9.50. The van der Waals surface area contributed by atoms with Crippen molar-refractivity contribution in [2.24, 2.45) is 5.41 Å². The Hall–Kier alpha value is -0.990. The summed E-state index contributed by atoms with van der Waals surface area (Å²) in [4.78, 5) is 0. The molecule has 1 unspecified atom stereocenters. The molecular formula is C15H26N4O3S. The molecule has 1 saturated heterocycles. The zero-order valence-electron chi connectivity index (χ0n) is 13.7. The molecule has 2 heterocycles. The van der Waals surface area contributed by atoms with E-state index in [0.29, 0.717) is 13.0 Å². The zero-order valence-corrected chi connectivity index (χ0v) is 14.5. The predicted molar refractivity (Wildman–Crippen MR) is 86.1 cm³/mol. The van der Waals surface area contributed by atoms with Crippen molar-refractivity contribution in [2.75, 3.05) is 18.8 Å². The lowest BCUT2D eigenvalue weighted by atomic mass is 9.77. The number of hydrogen-bond acceptors (Lipinski definition) is 5. The minimum atomic E-state index is -3.34. The molecule has 1 aliphatic heterocycles. The highest BCUT2D eigenvalue weighted by molar-refractivity contribution is 7.89. The van der Waals surface area contributed by atoms with E-state index in [4.69, 9.17) is 0 Å². The Morgan fingerprint density at radius 3 is 2.61 bits per heavy atom. The van der Waals surface area contributed by atoms with Gasteiger partial charge >= 0.3 is 0 Å². The van der Waals surface area contributed by atoms with Gasteiger partial charge in [0.05, 0.1) is 24.1 Å². The molecule has 1 aliphatic carbocycles. The molecule has 0 radical (unpaired) electrons.